The molecule has 0 spiro atoms. The first-order chi connectivity index (χ1) is 12.3. The maximum Gasteiger partial charge on any atom is 0.347 e. The second-order valence-electron chi connectivity index (χ2n) is 6.98. The topological polar surface area (TPSA) is 62.3 Å². The fraction of sp³-hybridized carbons (Fsp3) is 0.286. The lowest BCUT2D eigenvalue weighted by Gasteiger charge is -2.21. The molecule has 0 atom stereocenters. The molecule has 1 heterocycles. The summed E-state index contributed by atoms with van der Waals surface area (Å²) in [5.74, 6) is -0.442. The van der Waals surface area contributed by atoms with Crippen molar-refractivity contribution >= 4 is 28.5 Å². The van der Waals surface area contributed by atoms with Crippen LogP contribution in [0.4, 0.5) is 0 Å². The Morgan fingerprint density at radius 1 is 1.15 bits per heavy atom. The van der Waals surface area contributed by atoms with Gasteiger partial charge in [-0.1, -0.05) is 23.7 Å². The van der Waals surface area contributed by atoms with Gasteiger partial charge in [-0.3, -0.25) is 0 Å². The van der Waals surface area contributed by atoms with Crippen LogP contribution in [0.2, 0.25) is 5.02 Å². The summed E-state index contributed by atoms with van der Waals surface area (Å²) >= 11 is 5.95. The SMILES string of the molecule is Cc1[nH]c2ccc(OC(C)(C)C(=O)O)cc2c1CCc1ccc(Cl)cc1. The maximum atomic E-state index is 11.3. The summed E-state index contributed by atoms with van der Waals surface area (Å²) in [5, 5.41) is 11.1. The van der Waals surface area contributed by atoms with E-state index in [4.69, 9.17) is 16.3 Å². The number of aromatic amines is 1. The smallest absolute Gasteiger partial charge is 0.347 e. The summed E-state index contributed by atoms with van der Waals surface area (Å²) in [6.07, 6.45) is 1.77. The molecule has 4 nitrogen and oxygen atoms in total. The minimum Gasteiger partial charge on any atom is -0.478 e. The average Bonchev–Trinajstić information content (AvgIpc) is 2.89. The number of aliphatic carboxylic acids is 1. The normalized spacial score (nSPS) is 11.7. The first kappa shape index (κ1) is 18.3. The quantitative estimate of drug-likeness (QED) is 0.629. The molecule has 2 aromatic carbocycles. The van der Waals surface area contributed by atoms with Gasteiger partial charge in [0.25, 0.3) is 0 Å². The van der Waals surface area contributed by atoms with Gasteiger partial charge in [0.1, 0.15) is 5.75 Å². The Hall–Kier alpha value is -2.46. The van der Waals surface area contributed by atoms with Crippen LogP contribution in [0.25, 0.3) is 10.9 Å². The zero-order valence-corrected chi connectivity index (χ0v) is 15.9. The summed E-state index contributed by atoms with van der Waals surface area (Å²) < 4.78 is 5.68. The fourth-order valence-electron chi connectivity index (χ4n) is 3.01. The fourth-order valence-corrected chi connectivity index (χ4v) is 3.13. The molecule has 2 N–H and O–H groups in total. The number of rotatable bonds is 6. The Bertz CT molecular complexity index is 942. The molecule has 0 bridgehead atoms. The molecule has 0 unspecified atom stereocenters. The number of fused-ring (bicyclic) bond motifs is 1. The summed E-state index contributed by atoms with van der Waals surface area (Å²) in [6.45, 7) is 5.14. The van der Waals surface area contributed by atoms with Crippen molar-refractivity contribution in [2.75, 3.05) is 0 Å². The van der Waals surface area contributed by atoms with Gasteiger partial charge in [-0.15, -0.1) is 0 Å². The number of carbonyl (C=O) groups is 1. The van der Waals surface area contributed by atoms with Gasteiger partial charge in [-0.2, -0.15) is 0 Å². The van der Waals surface area contributed by atoms with Crippen molar-refractivity contribution in [2.45, 2.75) is 39.2 Å². The molecule has 0 saturated heterocycles. The Morgan fingerprint density at radius 3 is 2.50 bits per heavy atom. The third-order valence-electron chi connectivity index (χ3n) is 4.56. The van der Waals surface area contributed by atoms with Gasteiger partial charge in [0.05, 0.1) is 0 Å². The number of halogens is 1. The number of hydrogen-bond donors (Lipinski definition) is 2. The van der Waals surface area contributed by atoms with Gasteiger partial charge in [-0.25, -0.2) is 4.79 Å². The highest BCUT2D eigenvalue weighted by atomic mass is 35.5. The third kappa shape index (κ3) is 3.86. The largest absolute Gasteiger partial charge is 0.478 e. The molecule has 1 aromatic heterocycles. The number of hydrogen-bond acceptors (Lipinski definition) is 2. The molecular formula is C21H22ClNO3. The number of benzene rings is 2. The van der Waals surface area contributed by atoms with Crippen LogP contribution in [0.5, 0.6) is 5.75 Å². The van der Waals surface area contributed by atoms with Crippen molar-refractivity contribution < 1.29 is 14.6 Å². The zero-order chi connectivity index (χ0) is 18.9. The van der Waals surface area contributed by atoms with E-state index in [1.54, 1.807) is 19.9 Å². The van der Waals surface area contributed by atoms with E-state index in [1.165, 1.54) is 11.1 Å². The molecule has 26 heavy (non-hydrogen) atoms. The van der Waals surface area contributed by atoms with E-state index in [2.05, 4.69) is 11.9 Å². The van der Waals surface area contributed by atoms with Crippen LogP contribution in [0.15, 0.2) is 42.5 Å². The second kappa shape index (κ2) is 7.04. The van der Waals surface area contributed by atoms with E-state index >= 15 is 0 Å². The number of aromatic nitrogens is 1. The van der Waals surface area contributed by atoms with E-state index in [1.807, 2.05) is 36.4 Å². The average molecular weight is 372 g/mol. The number of nitrogens with one attached hydrogen (secondary N) is 1. The van der Waals surface area contributed by atoms with E-state index in [0.717, 1.165) is 34.5 Å². The number of aryl methyl sites for hydroxylation is 3. The minimum absolute atomic E-state index is 0.552. The Morgan fingerprint density at radius 2 is 1.85 bits per heavy atom. The minimum atomic E-state index is -1.28. The van der Waals surface area contributed by atoms with Crippen molar-refractivity contribution in [1.29, 1.82) is 0 Å². The van der Waals surface area contributed by atoms with Gasteiger partial charge in [0.2, 0.25) is 0 Å². The molecule has 0 aliphatic carbocycles. The maximum absolute atomic E-state index is 11.3. The molecule has 0 radical (unpaired) electrons. The number of H-pyrrole nitrogens is 1. The third-order valence-corrected chi connectivity index (χ3v) is 4.81. The molecule has 5 heteroatoms. The van der Waals surface area contributed by atoms with E-state index < -0.39 is 11.6 Å². The van der Waals surface area contributed by atoms with Crippen LogP contribution in [0.3, 0.4) is 0 Å². The van der Waals surface area contributed by atoms with Gasteiger partial charge in [0.15, 0.2) is 5.60 Å². The standard InChI is InChI=1S/C21H22ClNO3/c1-13-17(10-6-14-4-7-15(22)8-5-14)18-12-16(9-11-19(18)23-13)26-21(2,3)20(24)25/h4-5,7-9,11-12,23H,6,10H2,1-3H3,(H,24,25). The molecule has 136 valence electrons. The van der Waals surface area contributed by atoms with Crippen LogP contribution in [-0.2, 0) is 17.6 Å². The van der Waals surface area contributed by atoms with Crippen LogP contribution in [0.1, 0.15) is 30.7 Å². The molecule has 0 fully saturated rings. The molecule has 3 aromatic rings. The van der Waals surface area contributed by atoms with E-state index in [-0.39, 0.29) is 0 Å². The van der Waals surface area contributed by atoms with E-state index in [0.29, 0.717) is 5.75 Å². The number of carboxylic acids is 1. The summed E-state index contributed by atoms with van der Waals surface area (Å²) in [5.41, 5.74) is 3.30. The summed E-state index contributed by atoms with van der Waals surface area (Å²) in [4.78, 5) is 14.7. The molecular weight excluding hydrogens is 350 g/mol. The predicted octanol–water partition coefficient (Wildman–Crippen LogP) is 5.16. The number of carboxylic acid groups (broad SMARTS) is 1. The van der Waals surface area contributed by atoms with Crippen molar-refractivity contribution in [3.8, 4) is 5.75 Å². The Balaban J connectivity index is 1.87. The molecule has 0 aliphatic rings. The van der Waals surface area contributed by atoms with Crippen LogP contribution in [-0.4, -0.2) is 21.7 Å². The van der Waals surface area contributed by atoms with Crippen molar-refractivity contribution in [3.05, 3.63) is 64.3 Å². The lowest BCUT2D eigenvalue weighted by molar-refractivity contribution is -0.152. The highest BCUT2D eigenvalue weighted by molar-refractivity contribution is 6.30. The highest BCUT2D eigenvalue weighted by Crippen LogP contribution is 2.29. The predicted molar refractivity (Wildman–Crippen MR) is 104 cm³/mol. The summed E-state index contributed by atoms with van der Waals surface area (Å²) in [6, 6.07) is 13.5. The van der Waals surface area contributed by atoms with Crippen molar-refractivity contribution in [3.63, 3.8) is 0 Å². The highest BCUT2D eigenvalue weighted by Gasteiger charge is 2.29. The molecule has 0 amide bonds. The first-order valence-corrected chi connectivity index (χ1v) is 8.92. The van der Waals surface area contributed by atoms with Crippen LogP contribution < -0.4 is 4.74 Å². The lowest BCUT2D eigenvalue weighted by Crippen LogP contribution is -2.37. The molecule has 3 rings (SSSR count). The first-order valence-electron chi connectivity index (χ1n) is 8.54. The van der Waals surface area contributed by atoms with Crippen LogP contribution >= 0.6 is 11.6 Å². The Labute approximate surface area is 157 Å². The zero-order valence-electron chi connectivity index (χ0n) is 15.1. The monoisotopic (exact) mass is 371 g/mol. The molecule has 0 saturated carbocycles. The van der Waals surface area contributed by atoms with Gasteiger partial charge in [-0.05, 0) is 75.1 Å². The lowest BCUT2D eigenvalue weighted by atomic mass is 10.0. The van der Waals surface area contributed by atoms with Gasteiger partial charge >= 0.3 is 5.97 Å². The second-order valence-corrected chi connectivity index (χ2v) is 7.42. The Kier molecular flexibility index (Phi) is 4.97. The van der Waals surface area contributed by atoms with Gasteiger partial charge in [0, 0.05) is 21.6 Å². The number of ether oxygens (including phenoxy) is 1. The van der Waals surface area contributed by atoms with Crippen LogP contribution in [0, 0.1) is 6.92 Å². The van der Waals surface area contributed by atoms with Crippen molar-refractivity contribution in [1.82, 2.24) is 4.98 Å². The van der Waals surface area contributed by atoms with E-state index in [9.17, 15) is 9.90 Å². The molecule has 0 aliphatic heterocycles. The van der Waals surface area contributed by atoms with Gasteiger partial charge < -0.3 is 14.8 Å². The van der Waals surface area contributed by atoms with Crippen molar-refractivity contribution in [2.24, 2.45) is 0 Å². The summed E-state index contributed by atoms with van der Waals surface area (Å²) in [7, 11) is 0.